The molecule has 2 N–H and O–H groups in total. The Hall–Kier alpha value is -1.39. The lowest BCUT2D eigenvalue weighted by molar-refractivity contribution is -0.148. The van der Waals surface area contributed by atoms with Gasteiger partial charge in [0.15, 0.2) is 0 Å². The zero-order valence-electron chi connectivity index (χ0n) is 12.1. The summed E-state index contributed by atoms with van der Waals surface area (Å²) in [6.45, 7) is 6.21. The number of hydrogen-bond donors (Lipinski definition) is 2. The van der Waals surface area contributed by atoms with Gasteiger partial charge in [-0.3, -0.25) is 5.32 Å². The summed E-state index contributed by atoms with van der Waals surface area (Å²) in [6, 6.07) is 9.44. The predicted molar refractivity (Wildman–Crippen MR) is 74.7 cm³/mol. The largest absolute Gasteiger partial charge is 0.467 e. The van der Waals surface area contributed by atoms with Gasteiger partial charge in [0.2, 0.25) is 0 Å². The van der Waals surface area contributed by atoms with Gasteiger partial charge in [0, 0.05) is 18.6 Å². The van der Waals surface area contributed by atoms with Crippen molar-refractivity contribution in [3.63, 3.8) is 0 Å². The van der Waals surface area contributed by atoms with Crippen LogP contribution in [-0.2, 0) is 15.1 Å². The lowest BCUT2D eigenvalue weighted by Crippen LogP contribution is -2.51. The maximum Gasteiger partial charge on any atom is 0.330 e. The summed E-state index contributed by atoms with van der Waals surface area (Å²) in [5.74, 6) is -0.340. The summed E-state index contributed by atoms with van der Waals surface area (Å²) >= 11 is 0. The summed E-state index contributed by atoms with van der Waals surface area (Å²) in [6.07, 6.45) is 0. The highest BCUT2D eigenvalue weighted by Crippen LogP contribution is 2.24. The monoisotopic (exact) mass is 265 g/mol. The van der Waals surface area contributed by atoms with Gasteiger partial charge in [-0.2, -0.15) is 0 Å². The molecule has 0 saturated carbocycles. The van der Waals surface area contributed by atoms with E-state index in [1.165, 1.54) is 7.11 Å². The second kappa shape index (κ2) is 6.17. The van der Waals surface area contributed by atoms with Crippen LogP contribution in [0, 0.1) is 5.41 Å². The van der Waals surface area contributed by atoms with E-state index in [4.69, 9.17) is 4.74 Å². The van der Waals surface area contributed by atoms with E-state index in [0.717, 1.165) is 5.56 Å². The Bertz CT molecular complexity index is 417. The number of esters is 1. The molecule has 0 spiro atoms. The quantitative estimate of drug-likeness (QED) is 0.768. The smallest absolute Gasteiger partial charge is 0.330 e. The molecular formula is C15H23NO3. The molecule has 0 aliphatic rings. The maximum absolute atomic E-state index is 12.1. The number of carbonyl (C=O) groups excluding carboxylic acids is 1. The van der Waals surface area contributed by atoms with Crippen LogP contribution in [0.1, 0.15) is 26.3 Å². The Morgan fingerprint density at radius 2 is 1.84 bits per heavy atom. The van der Waals surface area contributed by atoms with Crippen molar-refractivity contribution in [2.45, 2.75) is 26.3 Å². The van der Waals surface area contributed by atoms with Crippen molar-refractivity contribution < 1.29 is 14.6 Å². The molecule has 4 heteroatoms. The van der Waals surface area contributed by atoms with Crippen LogP contribution in [-0.4, -0.2) is 31.3 Å². The van der Waals surface area contributed by atoms with Crippen molar-refractivity contribution in [3.8, 4) is 0 Å². The van der Waals surface area contributed by atoms with Gasteiger partial charge in [0.05, 0.1) is 7.11 Å². The van der Waals surface area contributed by atoms with Crippen molar-refractivity contribution in [3.05, 3.63) is 35.9 Å². The summed E-state index contributed by atoms with van der Waals surface area (Å²) in [5.41, 5.74) is -0.373. The van der Waals surface area contributed by atoms with E-state index in [0.29, 0.717) is 6.54 Å². The van der Waals surface area contributed by atoms with E-state index in [1.807, 2.05) is 44.2 Å². The molecule has 0 heterocycles. The summed E-state index contributed by atoms with van der Waals surface area (Å²) in [5, 5.41) is 12.5. The molecule has 1 rings (SSSR count). The van der Waals surface area contributed by atoms with Crippen molar-refractivity contribution in [1.29, 1.82) is 0 Å². The first-order valence-electron chi connectivity index (χ1n) is 6.35. The van der Waals surface area contributed by atoms with E-state index in [2.05, 4.69) is 5.32 Å². The van der Waals surface area contributed by atoms with Crippen LogP contribution in [0.3, 0.4) is 0 Å². The zero-order chi connectivity index (χ0) is 14.5. The van der Waals surface area contributed by atoms with Crippen molar-refractivity contribution in [2.24, 2.45) is 5.41 Å². The Labute approximate surface area is 114 Å². The van der Waals surface area contributed by atoms with E-state index in [9.17, 15) is 9.90 Å². The lowest BCUT2D eigenvalue weighted by Gasteiger charge is -2.32. The average molecular weight is 265 g/mol. The Morgan fingerprint density at radius 3 is 2.32 bits per heavy atom. The number of hydrogen-bond acceptors (Lipinski definition) is 4. The molecule has 0 bridgehead atoms. The Kier molecular flexibility index (Phi) is 5.09. The molecule has 1 aromatic rings. The lowest BCUT2D eigenvalue weighted by atomic mass is 9.88. The summed E-state index contributed by atoms with van der Waals surface area (Å²) in [7, 11) is 1.38. The molecule has 0 radical (unpaired) electrons. The highest BCUT2D eigenvalue weighted by Gasteiger charge is 2.37. The second-order valence-electron chi connectivity index (χ2n) is 5.66. The van der Waals surface area contributed by atoms with Crippen LogP contribution in [0.25, 0.3) is 0 Å². The molecule has 106 valence electrons. The fraction of sp³-hybridized carbons (Fsp3) is 0.533. The third kappa shape index (κ3) is 3.78. The number of benzene rings is 1. The fourth-order valence-corrected chi connectivity index (χ4v) is 1.74. The maximum atomic E-state index is 12.1. The molecule has 0 saturated heterocycles. The van der Waals surface area contributed by atoms with Crippen LogP contribution in [0.2, 0.25) is 0 Å². The first-order chi connectivity index (χ1) is 8.85. The van der Waals surface area contributed by atoms with Crippen molar-refractivity contribution >= 4 is 5.97 Å². The first-order valence-corrected chi connectivity index (χ1v) is 6.35. The van der Waals surface area contributed by atoms with Gasteiger partial charge in [-0.05, 0) is 12.5 Å². The standard InChI is InChI=1S/C15H23NO3/c1-14(2,11-17)10-16-15(3,13(18)19-4)12-8-6-5-7-9-12/h5-9,16-17H,10-11H2,1-4H3. The number of ether oxygens (including phenoxy) is 1. The van der Waals surface area contributed by atoms with E-state index in [-0.39, 0.29) is 18.0 Å². The van der Waals surface area contributed by atoms with Crippen LogP contribution < -0.4 is 5.32 Å². The molecule has 1 unspecified atom stereocenters. The summed E-state index contributed by atoms with van der Waals surface area (Å²) < 4.78 is 4.90. The highest BCUT2D eigenvalue weighted by molar-refractivity contribution is 5.82. The minimum absolute atomic E-state index is 0.0477. The van der Waals surface area contributed by atoms with Gasteiger partial charge in [-0.15, -0.1) is 0 Å². The minimum Gasteiger partial charge on any atom is -0.467 e. The van der Waals surface area contributed by atoms with Gasteiger partial charge in [-0.1, -0.05) is 44.2 Å². The van der Waals surface area contributed by atoms with Crippen LogP contribution >= 0.6 is 0 Å². The Morgan fingerprint density at radius 1 is 1.26 bits per heavy atom. The number of aliphatic hydroxyl groups excluding tert-OH is 1. The number of rotatable bonds is 6. The molecule has 0 aliphatic carbocycles. The van der Waals surface area contributed by atoms with Crippen LogP contribution in [0.4, 0.5) is 0 Å². The van der Waals surface area contributed by atoms with Crippen LogP contribution in [0.5, 0.6) is 0 Å². The number of nitrogens with one attached hydrogen (secondary N) is 1. The van der Waals surface area contributed by atoms with E-state index < -0.39 is 5.54 Å². The molecular weight excluding hydrogens is 242 g/mol. The number of carbonyl (C=O) groups is 1. The topological polar surface area (TPSA) is 58.6 Å². The van der Waals surface area contributed by atoms with Gasteiger partial charge in [0.25, 0.3) is 0 Å². The molecule has 0 aliphatic heterocycles. The van der Waals surface area contributed by atoms with E-state index in [1.54, 1.807) is 6.92 Å². The normalized spacial score (nSPS) is 14.8. The van der Waals surface area contributed by atoms with Gasteiger partial charge in [0.1, 0.15) is 5.54 Å². The number of aliphatic hydroxyl groups is 1. The molecule has 4 nitrogen and oxygen atoms in total. The summed E-state index contributed by atoms with van der Waals surface area (Å²) in [4.78, 5) is 12.1. The van der Waals surface area contributed by atoms with Crippen molar-refractivity contribution in [2.75, 3.05) is 20.3 Å². The SMILES string of the molecule is COC(=O)C(C)(NCC(C)(C)CO)c1ccccc1. The van der Waals surface area contributed by atoms with E-state index >= 15 is 0 Å². The third-order valence-electron chi connectivity index (χ3n) is 3.29. The first kappa shape index (κ1) is 15.7. The zero-order valence-corrected chi connectivity index (χ0v) is 12.1. The number of methoxy groups -OCH3 is 1. The molecule has 19 heavy (non-hydrogen) atoms. The molecule has 0 fully saturated rings. The molecule has 1 atom stereocenters. The van der Waals surface area contributed by atoms with Gasteiger partial charge in [-0.25, -0.2) is 4.79 Å². The van der Waals surface area contributed by atoms with Gasteiger partial charge < -0.3 is 9.84 Å². The third-order valence-corrected chi connectivity index (χ3v) is 3.29. The molecule has 0 aromatic heterocycles. The highest BCUT2D eigenvalue weighted by atomic mass is 16.5. The fourth-order valence-electron chi connectivity index (χ4n) is 1.74. The molecule has 1 aromatic carbocycles. The predicted octanol–water partition coefficient (Wildman–Crippen LogP) is 1.68. The second-order valence-corrected chi connectivity index (χ2v) is 5.66. The average Bonchev–Trinajstić information content (AvgIpc) is 2.45. The molecule has 0 amide bonds. The Balaban J connectivity index is 2.99. The van der Waals surface area contributed by atoms with Crippen molar-refractivity contribution in [1.82, 2.24) is 5.32 Å². The van der Waals surface area contributed by atoms with Gasteiger partial charge >= 0.3 is 5.97 Å². The van der Waals surface area contributed by atoms with Crippen LogP contribution in [0.15, 0.2) is 30.3 Å². The minimum atomic E-state index is -0.914.